The molecule has 1 aromatic rings. The molecule has 0 amide bonds. The van der Waals surface area contributed by atoms with Crippen LogP contribution in [0.15, 0.2) is 16.7 Å². The molecule has 0 spiro atoms. The van der Waals surface area contributed by atoms with E-state index in [-0.39, 0.29) is 0 Å². The van der Waals surface area contributed by atoms with Crippen molar-refractivity contribution >= 4 is 45.1 Å². The van der Waals surface area contributed by atoms with E-state index in [2.05, 4.69) is 32.5 Å². The van der Waals surface area contributed by atoms with Crippen molar-refractivity contribution in [2.45, 2.75) is 30.6 Å². The molecule has 2 atom stereocenters. The van der Waals surface area contributed by atoms with Gasteiger partial charge in [-0.05, 0) is 47.5 Å². The minimum Gasteiger partial charge on any atom is -0.366 e. The van der Waals surface area contributed by atoms with Gasteiger partial charge in [0.25, 0.3) is 0 Å². The lowest BCUT2D eigenvalue weighted by molar-refractivity contribution is 0.751. The van der Waals surface area contributed by atoms with E-state index in [0.717, 1.165) is 15.5 Å². The lowest BCUT2D eigenvalue weighted by Gasteiger charge is -2.14. The topological polar surface area (TPSA) is 24.9 Å². The molecule has 0 saturated heterocycles. The first-order valence-electron chi connectivity index (χ1n) is 5.29. The number of nitrogens with zero attached hydrogens (tertiary/aromatic N) is 1. The number of pyridine rings is 1. The van der Waals surface area contributed by atoms with Gasteiger partial charge >= 0.3 is 0 Å². The zero-order chi connectivity index (χ0) is 11.5. The Morgan fingerprint density at radius 1 is 1.56 bits per heavy atom. The number of thioether (sulfide) groups is 1. The Morgan fingerprint density at radius 2 is 2.38 bits per heavy atom. The van der Waals surface area contributed by atoms with Crippen molar-refractivity contribution < 1.29 is 0 Å². The molecule has 1 aliphatic rings. The van der Waals surface area contributed by atoms with Gasteiger partial charge in [0.05, 0.1) is 9.50 Å². The van der Waals surface area contributed by atoms with Crippen LogP contribution >= 0.6 is 39.3 Å². The second-order valence-corrected chi connectivity index (χ2v) is 6.42. The fraction of sp³-hybridized carbons (Fsp3) is 0.545. The van der Waals surface area contributed by atoms with Crippen LogP contribution < -0.4 is 5.32 Å². The first-order chi connectivity index (χ1) is 7.69. The van der Waals surface area contributed by atoms with Gasteiger partial charge in [-0.1, -0.05) is 11.6 Å². The Labute approximate surface area is 114 Å². The third-order valence-corrected chi connectivity index (χ3v) is 4.77. The van der Waals surface area contributed by atoms with Gasteiger partial charge in [0.1, 0.15) is 5.82 Å². The lowest BCUT2D eigenvalue weighted by Crippen LogP contribution is -2.17. The van der Waals surface area contributed by atoms with E-state index in [1.54, 1.807) is 6.20 Å². The first-order valence-corrected chi connectivity index (χ1v) is 7.75. The van der Waals surface area contributed by atoms with Crippen LogP contribution in [0.5, 0.6) is 0 Å². The molecule has 0 bridgehead atoms. The normalized spacial score (nSPS) is 24.7. The molecule has 1 saturated carbocycles. The van der Waals surface area contributed by atoms with E-state index in [4.69, 9.17) is 11.6 Å². The average molecular weight is 322 g/mol. The monoisotopic (exact) mass is 320 g/mol. The van der Waals surface area contributed by atoms with Gasteiger partial charge in [0.15, 0.2) is 0 Å². The van der Waals surface area contributed by atoms with E-state index in [1.165, 1.54) is 19.3 Å². The Kier molecular flexibility index (Phi) is 4.39. The number of hydrogen-bond acceptors (Lipinski definition) is 3. The summed E-state index contributed by atoms with van der Waals surface area (Å²) < 4.78 is 0.938. The van der Waals surface area contributed by atoms with Crippen LogP contribution in [0.2, 0.25) is 5.02 Å². The fourth-order valence-corrected chi connectivity index (χ4v) is 3.55. The van der Waals surface area contributed by atoms with Crippen molar-refractivity contribution in [1.82, 2.24) is 4.98 Å². The predicted octanol–water partition coefficient (Wildman–Crippen LogP) is 4.19. The number of aromatic nitrogens is 1. The van der Waals surface area contributed by atoms with Crippen molar-refractivity contribution in [1.29, 1.82) is 0 Å². The molecule has 1 aromatic heterocycles. The maximum Gasteiger partial charge on any atom is 0.140 e. The molecule has 16 heavy (non-hydrogen) atoms. The third kappa shape index (κ3) is 3.05. The molecule has 2 rings (SSSR count). The molecule has 0 aromatic carbocycles. The zero-order valence-electron chi connectivity index (χ0n) is 9.04. The lowest BCUT2D eigenvalue weighted by atomic mass is 10.2. The molecule has 1 aliphatic carbocycles. The average Bonchev–Trinajstić information content (AvgIpc) is 2.70. The molecule has 1 fully saturated rings. The molecule has 2 unspecified atom stereocenters. The number of hydrogen-bond donors (Lipinski definition) is 1. The smallest absolute Gasteiger partial charge is 0.140 e. The van der Waals surface area contributed by atoms with E-state index >= 15 is 0 Å². The summed E-state index contributed by atoms with van der Waals surface area (Å²) in [5.41, 5.74) is 0. The summed E-state index contributed by atoms with van der Waals surface area (Å²) in [6.07, 6.45) is 7.60. The van der Waals surface area contributed by atoms with Gasteiger partial charge in [0.2, 0.25) is 0 Å². The summed E-state index contributed by atoms with van der Waals surface area (Å²) in [7, 11) is 0. The van der Waals surface area contributed by atoms with Crippen molar-refractivity contribution in [2.24, 2.45) is 0 Å². The SMILES string of the molecule is CSC1CCC(Nc2ncc(Cl)cc2Br)C1. The Hall–Kier alpha value is 0.0700. The van der Waals surface area contributed by atoms with Crippen LogP contribution in [0.25, 0.3) is 0 Å². The van der Waals surface area contributed by atoms with Crippen molar-refractivity contribution in [3.05, 3.63) is 21.8 Å². The van der Waals surface area contributed by atoms with E-state index < -0.39 is 0 Å². The second kappa shape index (κ2) is 5.61. The minimum absolute atomic E-state index is 0.544. The van der Waals surface area contributed by atoms with Crippen LogP contribution in [-0.2, 0) is 0 Å². The van der Waals surface area contributed by atoms with Crippen LogP contribution in [0.1, 0.15) is 19.3 Å². The van der Waals surface area contributed by atoms with Gasteiger partial charge in [-0.3, -0.25) is 0 Å². The van der Waals surface area contributed by atoms with Crippen LogP contribution in [0.4, 0.5) is 5.82 Å². The number of anilines is 1. The molecular weight excluding hydrogens is 308 g/mol. The maximum absolute atomic E-state index is 5.86. The number of nitrogens with one attached hydrogen (secondary N) is 1. The van der Waals surface area contributed by atoms with Crippen molar-refractivity contribution in [3.63, 3.8) is 0 Å². The second-order valence-electron chi connectivity index (χ2n) is 4.00. The van der Waals surface area contributed by atoms with E-state index in [0.29, 0.717) is 11.1 Å². The third-order valence-electron chi connectivity index (χ3n) is 2.87. The number of halogens is 2. The molecular formula is C11H14BrClN2S. The highest BCUT2D eigenvalue weighted by molar-refractivity contribution is 9.10. The van der Waals surface area contributed by atoms with Gasteiger partial charge in [-0.25, -0.2) is 4.98 Å². The number of rotatable bonds is 3. The highest BCUT2D eigenvalue weighted by Gasteiger charge is 2.24. The molecule has 1 N–H and O–H groups in total. The maximum atomic E-state index is 5.86. The summed E-state index contributed by atoms with van der Waals surface area (Å²) in [4.78, 5) is 4.30. The molecule has 2 nitrogen and oxygen atoms in total. The summed E-state index contributed by atoms with van der Waals surface area (Å²) in [6.45, 7) is 0. The summed E-state index contributed by atoms with van der Waals surface area (Å²) in [6, 6.07) is 2.42. The van der Waals surface area contributed by atoms with Gasteiger partial charge in [-0.15, -0.1) is 0 Å². The zero-order valence-corrected chi connectivity index (χ0v) is 12.2. The summed E-state index contributed by atoms with van der Waals surface area (Å²) in [5.74, 6) is 0.899. The van der Waals surface area contributed by atoms with Crippen LogP contribution in [0.3, 0.4) is 0 Å². The van der Waals surface area contributed by atoms with Gasteiger partial charge < -0.3 is 5.32 Å². The largest absolute Gasteiger partial charge is 0.366 e. The fourth-order valence-electron chi connectivity index (χ4n) is 2.00. The Morgan fingerprint density at radius 3 is 3.00 bits per heavy atom. The highest BCUT2D eigenvalue weighted by Crippen LogP contribution is 2.32. The van der Waals surface area contributed by atoms with Crippen LogP contribution in [-0.4, -0.2) is 22.5 Å². The summed E-state index contributed by atoms with van der Waals surface area (Å²) >= 11 is 11.3. The van der Waals surface area contributed by atoms with Crippen LogP contribution in [0, 0.1) is 0 Å². The molecule has 0 radical (unpaired) electrons. The van der Waals surface area contributed by atoms with Gasteiger partial charge in [0, 0.05) is 17.5 Å². The highest BCUT2D eigenvalue weighted by atomic mass is 79.9. The Balaban J connectivity index is 1.99. The van der Waals surface area contributed by atoms with Crippen molar-refractivity contribution in [3.8, 4) is 0 Å². The predicted molar refractivity (Wildman–Crippen MR) is 75.5 cm³/mol. The molecule has 88 valence electrons. The minimum atomic E-state index is 0.544. The van der Waals surface area contributed by atoms with Crippen molar-refractivity contribution in [2.75, 3.05) is 11.6 Å². The molecule has 1 heterocycles. The molecule has 5 heteroatoms. The summed E-state index contributed by atoms with van der Waals surface area (Å²) in [5, 5.41) is 4.92. The quantitative estimate of drug-likeness (QED) is 0.903. The van der Waals surface area contributed by atoms with E-state index in [1.807, 2.05) is 17.8 Å². The molecule has 0 aliphatic heterocycles. The first kappa shape index (κ1) is 12.5. The standard InChI is InChI=1S/C11H14BrClN2S/c1-16-9-3-2-8(5-9)15-11-10(12)4-7(13)6-14-11/h4,6,8-9H,2-3,5H2,1H3,(H,14,15). The Bertz CT molecular complexity index is 375. The van der Waals surface area contributed by atoms with E-state index in [9.17, 15) is 0 Å². The van der Waals surface area contributed by atoms with Gasteiger partial charge in [-0.2, -0.15) is 11.8 Å².